The Morgan fingerprint density at radius 1 is 1.07 bits per heavy atom. The van der Waals surface area contributed by atoms with Crippen LogP contribution in [0.4, 0.5) is 10.1 Å². The molecule has 158 valence electrons. The van der Waals surface area contributed by atoms with Crippen molar-refractivity contribution in [2.45, 2.75) is 29.4 Å². The van der Waals surface area contributed by atoms with Crippen LogP contribution < -0.4 is 4.90 Å². The van der Waals surface area contributed by atoms with Gasteiger partial charge in [0.25, 0.3) is 10.0 Å². The second-order valence-electron chi connectivity index (χ2n) is 7.65. The zero-order chi connectivity index (χ0) is 20.7. The summed E-state index contributed by atoms with van der Waals surface area (Å²) in [6, 6.07) is 9.99. The van der Waals surface area contributed by atoms with Gasteiger partial charge in [0.1, 0.15) is 10.0 Å². The molecule has 2 aliphatic rings. The Labute approximate surface area is 179 Å². The van der Waals surface area contributed by atoms with Gasteiger partial charge in [0.2, 0.25) is 0 Å². The van der Waals surface area contributed by atoms with Crippen molar-refractivity contribution < 1.29 is 17.2 Å². The van der Waals surface area contributed by atoms with Gasteiger partial charge in [-0.3, -0.25) is 0 Å². The van der Waals surface area contributed by atoms with Crippen LogP contribution in [0.5, 0.6) is 0 Å². The summed E-state index contributed by atoms with van der Waals surface area (Å²) in [5, 5.41) is 0. The van der Waals surface area contributed by atoms with Gasteiger partial charge < -0.3 is 9.32 Å². The number of halogens is 1. The molecular formula is C21H22FN3O3S2. The van der Waals surface area contributed by atoms with E-state index >= 15 is 0 Å². The van der Waals surface area contributed by atoms with Gasteiger partial charge in [-0.1, -0.05) is 18.6 Å². The standard InChI is InChI=1S/C21H22FN3O3S2/c22-16-6-1-2-7-17(16)24-10-12-25(13-11-24)30(26,27)20-9-8-19(29-20)18-14-23-21(28-18)15-4-3-5-15/h1-2,6-9,14-15H,3-5,10-13H2. The number of sulfonamides is 1. The fourth-order valence-corrected chi connectivity index (χ4v) is 6.67. The van der Waals surface area contributed by atoms with Crippen LogP contribution in [0.25, 0.3) is 10.6 Å². The zero-order valence-electron chi connectivity index (χ0n) is 16.3. The van der Waals surface area contributed by atoms with Crippen LogP contribution in [0.1, 0.15) is 31.1 Å². The number of piperazine rings is 1. The minimum absolute atomic E-state index is 0.287. The minimum Gasteiger partial charge on any atom is -0.440 e. The summed E-state index contributed by atoms with van der Waals surface area (Å²) in [5.74, 6) is 1.48. The Morgan fingerprint density at radius 3 is 2.53 bits per heavy atom. The van der Waals surface area contributed by atoms with Gasteiger partial charge in [-0.15, -0.1) is 11.3 Å². The number of anilines is 1. The van der Waals surface area contributed by atoms with Crippen molar-refractivity contribution in [2.75, 3.05) is 31.1 Å². The molecule has 0 radical (unpaired) electrons. The molecule has 1 aliphatic heterocycles. The van der Waals surface area contributed by atoms with Crippen LogP contribution in [-0.4, -0.2) is 43.9 Å². The second-order valence-corrected chi connectivity index (χ2v) is 10.9. The highest BCUT2D eigenvalue weighted by Crippen LogP contribution is 2.39. The lowest BCUT2D eigenvalue weighted by Gasteiger charge is -2.35. The number of aromatic nitrogens is 1. The summed E-state index contributed by atoms with van der Waals surface area (Å²) >= 11 is 1.20. The third-order valence-electron chi connectivity index (χ3n) is 5.83. The van der Waals surface area contributed by atoms with Gasteiger partial charge in [-0.2, -0.15) is 4.31 Å². The molecule has 0 unspecified atom stereocenters. The minimum atomic E-state index is -3.60. The molecule has 30 heavy (non-hydrogen) atoms. The van der Waals surface area contributed by atoms with Crippen molar-refractivity contribution >= 4 is 27.0 Å². The first-order valence-electron chi connectivity index (χ1n) is 10.1. The molecule has 3 aromatic rings. The van der Waals surface area contributed by atoms with E-state index in [-0.39, 0.29) is 5.82 Å². The van der Waals surface area contributed by atoms with Crippen LogP contribution in [-0.2, 0) is 10.0 Å². The van der Waals surface area contributed by atoms with Crippen LogP contribution in [0, 0.1) is 5.82 Å². The fourth-order valence-electron chi connectivity index (χ4n) is 3.84. The number of oxazole rings is 1. The molecule has 6 nitrogen and oxygen atoms in total. The smallest absolute Gasteiger partial charge is 0.252 e. The van der Waals surface area contributed by atoms with E-state index in [0.29, 0.717) is 47.8 Å². The largest absolute Gasteiger partial charge is 0.440 e. The van der Waals surface area contributed by atoms with Crippen molar-refractivity contribution in [2.24, 2.45) is 0 Å². The first kappa shape index (κ1) is 19.7. The van der Waals surface area contributed by atoms with Crippen LogP contribution in [0.3, 0.4) is 0 Å². The lowest BCUT2D eigenvalue weighted by atomic mass is 9.85. The second kappa shape index (κ2) is 7.79. The molecule has 0 atom stereocenters. The monoisotopic (exact) mass is 447 g/mol. The molecular weight excluding hydrogens is 425 g/mol. The molecule has 1 aliphatic carbocycles. The van der Waals surface area contributed by atoms with Crippen molar-refractivity contribution in [1.82, 2.24) is 9.29 Å². The third kappa shape index (κ3) is 3.55. The van der Waals surface area contributed by atoms with Gasteiger partial charge in [0, 0.05) is 32.1 Å². The van der Waals surface area contributed by atoms with Gasteiger partial charge in [0.15, 0.2) is 11.7 Å². The highest BCUT2D eigenvalue weighted by molar-refractivity contribution is 7.91. The number of benzene rings is 1. The first-order valence-corrected chi connectivity index (χ1v) is 12.3. The predicted molar refractivity (Wildman–Crippen MR) is 114 cm³/mol. The van der Waals surface area contributed by atoms with Gasteiger partial charge in [0.05, 0.1) is 16.8 Å². The molecule has 3 heterocycles. The lowest BCUT2D eigenvalue weighted by molar-refractivity contribution is 0.338. The van der Waals surface area contributed by atoms with E-state index in [0.717, 1.165) is 23.6 Å². The van der Waals surface area contributed by atoms with Crippen molar-refractivity contribution in [3.63, 3.8) is 0 Å². The van der Waals surface area contributed by atoms with E-state index in [1.165, 1.54) is 28.1 Å². The van der Waals surface area contributed by atoms with Crippen LogP contribution >= 0.6 is 11.3 Å². The Balaban J connectivity index is 1.29. The normalized spacial score (nSPS) is 18.5. The SMILES string of the molecule is O=S(=O)(c1ccc(-c2cnc(C3CCC3)o2)s1)N1CCN(c2ccccc2F)CC1. The molecule has 0 amide bonds. The highest BCUT2D eigenvalue weighted by Gasteiger charge is 2.31. The maximum absolute atomic E-state index is 14.0. The number of rotatable bonds is 5. The Kier molecular flexibility index (Phi) is 5.12. The lowest BCUT2D eigenvalue weighted by Crippen LogP contribution is -2.48. The maximum atomic E-state index is 14.0. The molecule has 1 saturated carbocycles. The first-order chi connectivity index (χ1) is 14.5. The van der Waals surface area contributed by atoms with Crippen LogP contribution in [0.2, 0.25) is 0 Å². The van der Waals surface area contributed by atoms with E-state index in [2.05, 4.69) is 4.98 Å². The van der Waals surface area contributed by atoms with E-state index < -0.39 is 10.0 Å². The summed E-state index contributed by atoms with van der Waals surface area (Å²) in [6.07, 6.45) is 5.09. The fraction of sp³-hybridized carbons (Fsp3) is 0.381. The van der Waals surface area contributed by atoms with Gasteiger partial charge in [-0.25, -0.2) is 17.8 Å². The molecule has 0 N–H and O–H groups in total. The van der Waals surface area contributed by atoms with E-state index in [4.69, 9.17) is 4.42 Å². The molecule has 2 aromatic heterocycles. The average molecular weight is 448 g/mol. The topological polar surface area (TPSA) is 66.7 Å². The Morgan fingerprint density at radius 2 is 1.83 bits per heavy atom. The maximum Gasteiger partial charge on any atom is 0.252 e. The van der Waals surface area contributed by atoms with Crippen molar-refractivity contribution in [3.8, 4) is 10.6 Å². The van der Waals surface area contributed by atoms with Gasteiger partial charge in [-0.05, 0) is 37.1 Å². The summed E-state index contributed by atoms with van der Waals surface area (Å²) in [6.45, 7) is 1.53. The Bertz CT molecular complexity index is 1150. The third-order valence-corrected chi connectivity index (χ3v) is 9.29. The number of hydrogen-bond donors (Lipinski definition) is 0. The molecule has 9 heteroatoms. The number of hydrogen-bond acceptors (Lipinski definition) is 6. The van der Waals surface area contributed by atoms with Crippen molar-refractivity contribution in [1.29, 1.82) is 0 Å². The average Bonchev–Trinajstić information content (AvgIpc) is 3.37. The highest BCUT2D eigenvalue weighted by atomic mass is 32.2. The number of thiophene rings is 1. The predicted octanol–water partition coefficient (Wildman–Crippen LogP) is 4.32. The van der Waals surface area contributed by atoms with E-state index in [9.17, 15) is 12.8 Å². The van der Waals surface area contributed by atoms with E-state index in [1.54, 1.807) is 36.5 Å². The summed E-state index contributed by atoms with van der Waals surface area (Å²) in [5.41, 5.74) is 0.514. The van der Waals surface area contributed by atoms with Crippen LogP contribution in [0.15, 0.2) is 51.2 Å². The van der Waals surface area contributed by atoms with Gasteiger partial charge >= 0.3 is 0 Å². The molecule has 0 bridgehead atoms. The number of nitrogens with zero attached hydrogens (tertiary/aromatic N) is 3. The molecule has 1 aromatic carbocycles. The summed E-state index contributed by atoms with van der Waals surface area (Å²) in [7, 11) is -3.60. The number of para-hydroxylation sites is 1. The van der Waals surface area contributed by atoms with E-state index in [1.807, 2.05) is 4.90 Å². The quantitative estimate of drug-likeness (QED) is 0.583. The molecule has 5 rings (SSSR count). The molecule has 0 spiro atoms. The molecule has 1 saturated heterocycles. The summed E-state index contributed by atoms with van der Waals surface area (Å²) in [4.78, 5) is 7.01. The zero-order valence-corrected chi connectivity index (χ0v) is 18.0. The summed E-state index contributed by atoms with van der Waals surface area (Å²) < 4.78 is 47.9. The molecule has 2 fully saturated rings. The Hall–Kier alpha value is -2.23. The van der Waals surface area contributed by atoms with Crippen molar-refractivity contribution in [3.05, 3.63) is 54.3 Å².